The Balaban J connectivity index is 2.68. The largest absolute Gasteiger partial charge is 0.375 e. The monoisotopic (exact) mass is 289 g/mol. The fourth-order valence-electron chi connectivity index (χ4n) is 2.01. The van der Waals surface area contributed by atoms with Crippen LogP contribution < -0.4 is 5.32 Å². The average Bonchev–Trinajstić information content (AvgIpc) is 2.36. The smallest absolute Gasteiger partial charge is 0.301 e. The third-order valence-electron chi connectivity index (χ3n) is 2.71. The van der Waals surface area contributed by atoms with E-state index in [-0.39, 0.29) is 16.9 Å². The Morgan fingerprint density at radius 3 is 2.52 bits per heavy atom. The minimum Gasteiger partial charge on any atom is -0.375 e. The quantitative estimate of drug-likeness (QED) is 0.684. The number of nitro benzene ring substituents is 1. The zero-order chi connectivity index (χ0) is 15.6. The van der Waals surface area contributed by atoms with E-state index in [9.17, 15) is 14.5 Å². The summed E-state index contributed by atoms with van der Waals surface area (Å²) in [7, 11) is 0. The van der Waals surface area contributed by atoms with Crippen LogP contribution in [0.15, 0.2) is 36.5 Å². The molecule has 0 radical (unpaired) electrons. The summed E-state index contributed by atoms with van der Waals surface area (Å²) in [5.41, 5.74) is 0.0612. The van der Waals surface area contributed by atoms with Crippen molar-refractivity contribution in [2.45, 2.75) is 26.3 Å². The maximum absolute atomic E-state index is 13.8. The predicted molar refractivity (Wildman–Crippen MR) is 79.7 cm³/mol. The van der Waals surface area contributed by atoms with E-state index < -0.39 is 16.3 Å². The molecule has 0 bridgehead atoms. The zero-order valence-corrected chi connectivity index (χ0v) is 12.1. The molecule has 1 aromatic heterocycles. The first-order chi connectivity index (χ1) is 9.78. The van der Waals surface area contributed by atoms with Crippen molar-refractivity contribution in [3.05, 3.63) is 52.5 Å². The van der Waals surface area contributed by atoms with E-state index in [1.165, 1.54) is 6.20 Å². The van der Waals surface area contributed by atoms with Gasteiger partial charge in [0.15, 0.2) is 0 Å². The molecule has 110 valence electrons. The fraction of sp³-hybridized carbons (Fsp3) is 0.267. The van der Waals surface area contributed by atoms with Gasteiger partial charge in [-0.05, 0) is 39.0 Å². The van der Waals surface area contributed by atoms with E-state index in [0.29, 0.717) is 5.69 Å². The second-order valence-corrected chi connectivity index (χ2v) is 5.70. The van der Waals surface area contributed by atoms with Gasteiger partial charge in [0.05, 0.1) is 16.2 Å². The standard InChI is InChI=1S/C15H16FN3O2/c1-15(2,3)18-13-9-10(16)8-11(14(13)19(20)21)12-6-4-5-7-17-12/h4-9,18H,1-3H3. The fourth-order valence-corrected chi connectivity index (χ4v) is 2.01. The lowest BCUT2D eigenvalue weighted by Gasteiger charge is -2.22. The minimum atomic E-state index is -0.548. The Kier molecular flexibility index (Phi) is 3.88. The van der Waals surface area contributed by atoms with Gasteiger partial charge in [-0.2, -0.15) is 0 Å². The van der Waals surface area contributed by atoms with Crippen LogP contribution in [0.4, 0.5) is 15.8 Å². The minimum absolute atomic E-state index is 0.146. The third kappa shape index (κ3) is 3.53. The predicted octanol–water partition coefficient (Wildman–Crippen LogP) is 4.01. The van der Waals surface area contributed by atoms with E-state index in [4.69, 9.17) is 0 Å². The van der Waals surface area contributed by atoms with Gasteiger partial charge in [-0.3, -0.25) is 15.1 Å². The lowest BCUT2D eigenvalue weighted by molar-refractivity contribution is -0.383. The lowest BCUT2D eigenvalue weighted by Crippen LogP contribution is -2.26. The van der Waals surface area contributed by atoms with Gasteiger partial charge in [0.1, 0.15) is 11.5 Å². The number of hydrogen-bond donors (Lipinski definition) is 1. The summed E-state index contributed by atoms with van der Waals surface area (Å²) < 4.78 is 13.8. The van der Waals surface area contributed by atoms with E-state index in [1.807, 2.05) is 20.8 Å². The van der Waals surface area contributed by atoms with Gasteiger partial charge in [-0.1, -0.05) is 6.07 Å². The van der Waals surface area contributed by atoms with Crippen LogP contribution in [0.1, 0.15) is 20.8 Å². The highest BCUT2D eigenvalue weighted by molar-refractivity contribution is 5.81. The van der Waals surface area contributed by atoms with Crippen LogP contribution in [-0.2, 0) is 0 Å². The van der Waals surface area contributed by atoms with Crippen molar-refractivity contribution in [2.75, 3.05) is 5.32 Å². The number of halogens is 1. The van der Waals surface area contributed by atoms with Gasteiger partial charge in [-0.25, -0.2) is 4.39 Å². The van der Waals surface area contributed by atoms with Gasteiger partial charge in [-0.15, -0.1) is 0 Å². The normalized spacial score (nSPS) is 11.2. The van der Waals surface area contributed by atoms with Crippen molar-refractivity contribution >= 4 is 11.4 Å². The number of rotatable bonds is 3. The Morgan fingerprint density at radius 2 is 2.00 bits per heavy atom. The van der Waals surface area contributed by atoms with Crippen molar-refractivity contribution < 1.29 is 9.31 Å². The first-order valence-electron chi connectivity index (χ1n) is 6.45. The highest BCUT2D eigenvalue weighted by Gasteiger charge is 2.25. The average molecular weight is 289 g/mol. The number of anilines is 1. The van der Waals surface area contributed by atoms with Gasteiger partial charge >= 0.3 is 5.69 Å². The van der Waals surface area contributed by atoms with Crippen molar-refractivity contribution in [1.82, 2.24) is 4.98 Å². The summed E-state index contributed by atoms with van der Waals surface area (Å²) in [4.78, 5) is 15.0. The molecule has 6 heteroatoms. The number of nitro groups is 1. The summed E-state index contributed by atoms with van der Waals surface area (Å²) in [5, 5.41) is 14.4. The molecule has 2 aromatic rings. The highest BCUT2D eigenvalue weighted by atomic mass is 19.1. The van der Waals surface area contributed by atoms with Crippen molar-refractivity contribution in [3.63, 3.8) is 0 Å². The Morgan fingerprint density at radius 1 is 1.29 bits per heavy atom. The lowest BCUT2D eigenvalue weighted by atomic mass is 10.0. The SMILES string of the molecule is CC(C)(C)Nc1cc(F)cc(-c2ccccn2)c1[N+](=O)[O-]. The second-order valence-electron chi connectivity index (χ2n) is 5.70. The van der Waals surface area contributed by atoms with Crippen LogP contribution in [0.5, 0.6) is 0 Å². The Hall–Kier alpha value is -2.50. The molecule has 1 N–H and O–H groups in total. The van der Waals surface area contributed by atoms with Gasteiger partial charge in [0.25, 0.3) is 0 Å². The molecule has 0 unspecified atom stereocenters. The van der Waals surface area contributed by atoms with Crippen molar-refractivity contribution in [2.24, 2.45) is 0 Å². The topological polar surface area (TPSA) is 68.1 Å². The van der Waals surface area contributed by atoms with E-state index >= 15 is 0 Å². The van der Waals surface area contributed by atoms with Crippen LogP contribution in [0.25, 0.3) is 11.3 Å². The maximum Gasteiger partial charge on any atom is 0.301 e. The molecule has 0 saturated heterocycles. The van der Waals surface area contributed by atoms with Gasteiger partial charge in [0.2, 0.25) is 0 Å². The van der Waals surface area contributed by atoms with Crippen LogP contribution in [0.2, 0.25) is 0 Å². The van der Waals surface area contributed by atoms with Crippen molar-refractivity contribution in [3.8, 4) is 11.3 Å². The molecule has 21 heavy (non-hydrogen) atoms. The number of hydrogen-bond acceptors (Lipinski definition) is 4. The molecule has 0 saturated carbocycles. The summed E-state index contributed by atoms with van der Waals surface area (Å²) in [6.45, 7) is 5.55. The van der Waals surface area contributed by atoms with Crippen LogP contribution in [0.3, 0.4) is 0 Å². The molecule has 2 rings (SSSR count). The molecule has 0 atom stereocenters. The number of benzene rings is 1. The van der Waals surface area contributed by atoms with E-state index in [0.717, 1.165) is 12.1 Å². The summed E-state index contributed by atoms with van der Waals surface area (Å²) in [5.74, 6) is -0.548. The van der Waals surface area contributed by atoms with Crippen molar-refractivity contribution in [1.29, 1.82) is 0 Å². The summed E-state index contributed by atoms with van der Waals surface area (Å²) in [6.07, 6.45) is 1.51. The number of nitrogens with zero attached hydrogens (tertiary/aromatic N) is 2. The molecular formula is C15H16FN3O2. The molecule has 0 aliphatic heterocycles. The summed E-state index contributed by atoms with van der Waals surface area (Å²) in [6, 6.07) is 7.28. The van der Waals surface area contributed by atoms with Gasteiger partial charge < -0.3 is 5.32 Å². The third-order valence-corrected chi connectivity index (χ3v) is 2.71. The van der Waals surface area contributed by atoms with E-state index in [2.05, 4.69) is 10.3 Å². The first-order valence-corrected chi connectivity index (χ1v) is 6.45. The maximum atomic E-state index is 13.8. The van der Waals surface area contributed by atoms with E-state index in [1.54, 1.807) is 18.2 Å². The van der Waals surface area contributed by atoms with Crippen LogP contribution in [0, 0.1) is 15.9 Å². The van der Waals surface area contributed by atoms with Crippen LogP contribution in [-0.4, -0.2) is 15.4 Å². The number of pyridine rings is 1. The zero-order valence-electron chi connectivity index (χ0n) is 12.1. The number of aromatic nitrogens is 1. The Labute approximate surface area is 122 Å². The molecule has 1 aromatic carbocycles. The molecular weight excluding hydrogens is 273 g/mol. The highest BCUT2D eigenvalue weighted by Crippen LogP contribution is 2.37. The molecule has 1 heterocycles. The second kappa shape index (κ2) is 5.47. The molecule has 0 amide bonds. The molecule has 0 aliphatic carbocycles. The molecule has 0 fully saturated rings. The summed E-state index contributed by atoms with van der Waals surface area (Å²) >= 11 is 0. The van der Waals surface area contributed by atoms with Gasteiger partial charge in [0, 0.05) is 17.8 Å². The molecule has 0 spiro atoms. The Bertz CT molecular complexity index is 667. The molecule has 5 nitrogen and oxygen atoms in total. The molecule has 0 aliphatic rings. The first kappa shape index (κ1) is 14.9. The number of nitrogens with one attached hydrogen (secondary N) is 1. The van der Waals surface area contributed by atoms with Crippen LogP contribution >= 0.6 is 0 Å².